The van der Waals surface area contributed by atoms with Crippen LogP contribution in [0.3, 0.4) is 0 Å². The number of rotatable bonds is 7. The molecule has 1 N–H and O–H groups in total. The van der Waals surface area contributed by atoms with Crippen molar-refractivity contribution in [2.45, 2.75) is 52.0 Å². The second-order valence-electron chi connectivity index (χ2n) is 8.54. The van der Waals surface area contributed by atoms with Crippen LogP contribution in [0.1, 0.15) is 57.6 Å². The molecule has 2 aromatic carbocycles. The molecule has 0 aromatic heterocycles. The Morgan fingerprint density at radius 1 is 1.35 bits per heavy atom. The number of carbonyl (C=O) groups excluding carboxylic acids is 1. The van der Waals surface area contributed by atoms with E-state index in [1.807, 2.05) is 18.2 Å². The number of hydrogen-bond acceptors (Lipinski definition) is 4. The van der Waals surface area contributed by atoms with Gasteiger partial charge in [-0.3, -0.25) is 4.79 Å². The summed E-state index contributed by atoms with van der Waals surface area (Å²) in [4.78, 5) is 14.3. The van der Waals surface area contributed by atoms with E-state index < -0.39 is 5.91 Å². The minimum Gasteiger partial charge on any atom is -0.484 e. The smallest absolute Gasteiger partial charge is 0.277 e. The Labute approximate surface area is 191 Å². The zero-order valence-electron chi connectivity index (χ0n) is 18.4. The third-order valence-corrected chi connectivity index (χ3v) is 6.06. The van der Waals surface area contributed by atoms with E-state index in [1.54, 1.807) is 18.2 Å². The van der Waals surface area contributed by atoms with E-state index in [9.17, 15) is 9.18 Å². The highest BCUT2D eigenvalue weighted by Crippen LogP contribution is 2.44. The topological polar surface area (TPSA) is 53.9 Å². The lowest BCUT2D eigenvalue weighted by Gasteiger charge is -2.47. The average Bonchev–Trinajstić information content (AvgIpc) is 2.71. The predicted octanol–water partition coefficient (Wildman–Crippen LogP) is 5.62. The third-order valence-electron chi connectivity index (χ3n) is 5.53. The quantitative estimate of drug-likeness (QED) is 0.405. The molecule has 1 aliphatic rings. The summed E-state index contributed by atoms with van der Waals surface area (Å²) in [6, 6.07) is 10.6. The summed E-state index contributed by atoms with van der Waals surface area (Å²) in [7, 11) is 0. The van der Waals surface area contributed by atoms with Crippen molar-refractivity contribution in [3.05, 3.63) is 57.8 Å². The van der Waals surface area contributed by atoms with Crippen LogP contribution in [0.25, 0.3) is 0 Å². The fourth-order valence-electron chi connectivity index (χ4n) is 4.15. The Hall–Kier alpha value is -2.41. The second-order valence-corrected chi connectivity index (χ2v) is 9.45. The van der Waals surface area contributed by atoms with Crippen LogP contribution in [-0.4, -0.2) is 30.8 Å². The molecular formula is C24H29BrFN3O2. The molecule has 0 aliphatic carbocycles. The molecular weight excluding hydrogens is 461 g/mol. The predicted molar refractivity (Wildman–Crippen MR) is 127 cm³/mol. The fraction of sp³-hybridized carbons (Fsp3) is 0.417. The van der Waals surface area contributed by atoms with Crippen molar-refractivity contribution in [3.63, 3.8) is 0 Å². The van der Waals surface area contributed by atoms with E-state index in [-0.39, 0.29) is 18.0 Å². The minimum atomic E-state index is -0.415. The highest BCUT2D eigenvalue weighted by atomic mass is 79.9. The molecule has 166 valence electrons. The molecule has 1 amide bonds. The van der Waals surface area contributed by atoms with Gasteiger partial charge >= 0.3 is 0 Å². The first kappa shape index (κ1) is 23.3. The maximum atomic E-state index is 14.8. The van der Waals surface area contributed by atoms with Gasteiger partial charge in [0.2, 0.25) is 0 Å². The van der Waals surface area contributed by atoms with Crippen LogP contribution in [0.2, 0.25) is 0 Å². The van der Waals surface area contributed by atoms with E-state index in [4.69, 9.17) is 4.74 Å². The van der Waals surface area contributed by atoms with Crippen molar-refractivity contribution in [1.82, 2.24) is 5.43 Å². The largest absolute Gasteiger partial charge is 0.484 e. The zero-order chi connectivity index (χ0) is 22.6. The SMILES string of the molecule is CCCN1c2cc(F)c(/C=N\NC(=O)COc3ccc(Br)cc3)cc2C(C)CC1(C)C. The first-order valence-corrected chi connectivity index (χ1v) is 11.3. The standard InChI is InChI=1S/C24H29BrFN3O2/c1-5-10-29-22-12-21(26)17(11-20(22)16(2)13-24(29,3)4)14-27-28-23(30)15-31-19-8-6-18(25)7-9-19/h6-9,11-12,14,16H,5,10,13,15H2,1-4H3,(H,28,30)/b27-14-. The number of halogens is 2. The highest BCUT2D eigenvalue weighted by molar-refractivity contribution is 9.10. The van der Waals surface area contributed by atoms with Gasteiger partial charge in [0, 0.05) is 27.8 Å². The Bertz CT molecular complexity index is 960. The van der Waals surface area contributed by atoms with Gasteiger partial charge in [-0.25, -0.2) is 9.82 Å². The van der Waals surface area contributed by atoms with Crippen molar-refractivity contribution >= 4 is 33.7 Å². The van der Waals surface area contributed by atoms with Gasteiger partial charge in [0.1, 0.15) is 11.6 Å². The van der Waals surface area contributed by atoms with Gasteiger partial charge in [-0.2, -0.15) is 5.10 Å². The zero-order valence-corrected chi connectivity index (χ0v) is 20.0. The van der Waals surface area contributed by atoms with Gasteiger partial charge in [-0.15, -0.1) is 0 Å². The van der Waals surface area contributed by atoms with E-state index in [2.05, 4.69) is 59.1 Å². The Kier molecular flexibility index (Phi) is 7.36. The summed E-state index contributed by atoms with van der Waals surface area (Å²) >= 11 is 3.34. The molecule has 0 fully saturated rings. The number of hydrogen-bond donors (Lipinski definition) is 1. The monoisotopic (exact) mass is 489 g/mol. The van der Waals surface area contributed by atoms with Crippen LogP contribution >= 0.6 is 15.9 Å². The molecule has 1 atom stereocenters. The molecule has 0 bridgehead atoms. The van der Waals surface area contributed by atoms with Crippen LogP contribution in [0.4, 0.5) is 10.1 Å². The number of ether oxygens (including phenoxy) is 1. The molecule has 1 aliphatic heterocycles. The van der Waals surface area contributed by atoms with Crippen LogP contribution in [0, 0.1) is 5.82 Å². The van der Waals surface area contributed by atoms with Crippen molar-refractivity contribution in [1.29, 1.82) is 0 Å². The number of anilines is 1. The van der Waals surface area contributed by atoms with Crippen molar-refractivity contribution < 1.29 is 13.9 Å². The van der Waals surface area contributed by atoms with Crippen molar-refractivity contribution in [2.75, 3.05) is 18.1 Å². The number of hydrazone groups is 1. The van der Waals surface area contributed by atoms with Crippen molar-refractivity contribution in [3.8, 4) is 5.75 Å². The van der Waals surface area contributed by atoms with Crippen LogP contribution in [0.5, 0.6) is 5.75 Å². The fourth-order valence-corrected chi connectivity index (χ4v) is 4.42. The summed E-state index contributed by atoms with van der Waals surface area (Å²) in [5.74, 6) is 0.118. The van der Waals surface area contributed by atoms with Crippen LogP contribution in [-0.2, 0) is 4.79 Å². The highest BCUT2D eigenvalue weighted by Gasteiger charge is 2.36. The lowest BCUT2D eigenvalue weighted by atomic mass is 9.79. The normalized spacial score (nSPS) is 17.5. The van der Waals surface area contributed by atoms with Crippen LogP contribution in [0.15, 0.2) is 46.0 Å². The Morgan fingerprint density at radius 2 is 2.06 bits per heavy atom. The molecule has 31 heavy (non-hydrogen) atoms. The van der Waals surface area contributed by atoms with E-state index >= 15 is 0 Å². The number of nitrogens with zero attached hydrogens (tertiary/aromatic N) is 2. The first-order chi connectivity index (χ1) is 14.7. The third kappa shape index (κ3) is 5.64. The average molecular weight is 490 g/mol. The maximum absolute atomic E-state index is 14.8. The maximum Gasteiger partial charge on any atom is 0.277 e. The van der Waals surface area contributed by atoms with E-state index in [0.717, 1.165) is 35.1 Å². The minimum absolute atomic E-state index is 0.0206. The molecule has 0 saturated carbocycles. The van der Waals surface area contributed by atoms with Gasteiger partial charge < -0.3 is 9.64 Å². The second kappa shape index (κ2) is 9.81. The lowest BCUT2D eigenvalue weighted by Crippen LogP contribution is -2.48. The summed E-state index contributed by atoms with van der Waals surface area (Å²) in [5, 5.41) is 3.92. The molecule has 1 unspecified atom stereocenters. The van der Waals surface area contributed by atoms with E-state index in [1.165, 1.54) is 6.21 Å². The van der Waals surface area contributed by atoms with Gasteiger partial charge in [0.25, 0.3) is 5.91 Å². The molecule has 3 rings (SSSR count). The van der Waals surface area contributed by atoms with Gasteiger partial charge in [-0.05, 0) is 74.6 Å². The van der Waals surface area contributed by atoms with Gasteiger partial charge in [0.05, 0.1) is 6.21 Å². The number of fused-ring (bicyclic) bond motifs is 1. The molecule has 5 nitrogen and oxygen atoms in total. The van der Waals surface area contributed by atoms with Gasteiger partial charge in [0.15, 0.2) is 6.61 Å². The summed E-state index contributed by atoms with van der Waals surface area (Å²) in [5.41, 5.74) is 4.79. The summed E-state index contributed by atoms with van der Waals surface area (Å²) in [6.07, 6.45) is 3.34. The number of amides is 1. The van der Waals surface area contributed by atoms with E-state index in [0.29, 0.717) is 17.2 Å². The molecule has 0 saturated heterocycles. The van der Waals surface area contributed by atoms with Crippen LogP contribution < -0.4 is 15.1 Å². The van der Waals surface area contributed by atoms with Gasteiger partial charge in [-0.1, -0.05) is 29.8 Å². The molecule has 2 aromatic rings. The molecule has 0 spiro atoms. The molecule has 7 heteroatoms. The number of carbonyl (C=O) groups is 1. The summed E-state index contributed by atoms with van der Waals surface area (Å²) < 4.78 is 21.2. The lowest BCUT2D eigenvalue weighted by molar-refractivity contribution is -0.123. The molecule has 1 heterocycles. The number of benzene rings is 2. The Morgan fingerprint density at radius 3 is 2.74 bits per heavy atom. The van der Waals surface area contributed by atoms with Crippen molar-refractivity contribution in [2.24, 2.45) is 5.10 Å². The Balaban J connectivity index is 1.68. The number of nitrogens with one attached hydrogen (secondary N) is 1. The summed E-state index contributed by atoms with van der Waals surface area (Å²) in [6.45, 7) is 9.43. The molecule has 0 radical (unpaired) electrons. The first-order valence-electron chi connectivity index (χ1n) is 10.5.